The summed E-state index contributed by atoms with van der Waals surface area (Å²) in [7, 11) is 0. The van der Waals surface area contributed by atoms with Gasteiger partial charge in [-0.15, -0.1) is 11.8 Å². The van der Waals surface area contributed by atoms with E-state index in [0.717, 1.165) is 19.5 Å². The van der Waals surface area contributed by atoms with Crippen molar-refractivity contribution >= 4 is 23.6 Å². The molecule has 1 heterocycles. The monoisotopic (exact) mass is 218 g/mol. The summed E-state index contributed by atoms with van der Waals surface area (Å²) in [6.07, 6.45) is 1.07. The SMILES string of the molecule is NC(CSCC(=O)N1CCC1)C(=O)O. The molecule has 5 nitrogen and oxygen atoms in total. The second-order valence-electron chi connectivity index (χ2n) is 3.19. The minimum atomic E-state index is -1.02. The summed E-state index contributed by atoms with van der Waals surface area (Å²) in [5, 5.41) is 8.48. The summed E-state index contributed by atoms with van der Waals surface area (Å²) in [6.45, 7) is 1.68. The number of aliphatic carboxylic acids is 1. The van der Waals surface area contributed by atoms with Crippen LogP contribution in [0.1, 0.15) is 6.42 Å². The fourth-order valence-electron chi connectivity index (χ4n) is 1.00. The van der Waals surface area contributed by atoms with Crippen molar-refractivity contribution in [3.8, 4) is 0 Å². The Morgan fingerprint density at radius 2 is 2.14 bits per heavy atom. The van der Waals surface area contributed by atoms with Crippen LogP contribution in [0.5, 0.6) is 0 Å². The van der Waals surface area contributed by atoms with E-state index in [0.29, 0.717) is 5.75 Å². The van der Waals surface area contributed by atoms with Gasteiger partial charge >= 0.3 is 5.97 Å². The van der Waals surface area contributed by atoms with Crippen molar-refractivity contribution in [3.05, 3.63) is 0 Å². The number of nitrogens with two attached hydrogens (primary N) is 1. The molecule has 0 aromatic rings. The van der Waals surface area contributed by atoms with Crippen molar-refractivity contribution in [3.63, 3.8) is 0 Å². The highest BCUT2D eigenvalue weighted by molar-refractivity contribution is 8.00. The fraction of sp³-hybridized carbons (Fsp3) is 0.750. The molecule has 6 heteroatoms. The summed E-state index contributed by atoms with van der Waals surface area (Å²) >= 11 is 1.28. The van der Waals surface area contributed by atoms with Gasteiger partial charge in [0, 0.05) is 18.8 Å². The van der Waals surface area contributed by atoms with Crippen molar-refractivity contribution in [2.75, 3.05) is 24.6 Å². The van der Waals surface area contributed by atoms with Gasteiger partial charge in [0.25, 0.3) is 0 Å². The zero-order valence-corrected chi connectivity index (χ0v) is 8.63. The van der Waals surface area contributed by atoms with E-state index in [-0.39, 0.29) is 11.7 Å². The van der Waals surface area contributed by atoms with E-state index in [4.69, 9.17) is 10.8 Å². The van der Waals surface area contributed by atoms with E-state index in [2.05, 4.69) is 0 Å². The fourth-order valence-corrected chi connectivity index (χ4v) is 1.87. The van der Waals surface area contributed by atoms with Crippen LogP contribution in [0, 0.1) is 0 Å². The molecule has 1 rings (SSSR count). The van der Waals surface area contributed by atoms with E-state index in [9.17, 15) is 9.59 Å². The third-order valence-electron chi connectivity index (χ3n) is 2.05. The second kappa shape index (κ2) is 5.21. The van der Waals surface area contributed by atoms with Crippen LogP contribution in [0.2, 0.25) is 0 Å². The molecule has 0 aliphatic carbocycles. The molecule has 0 aromatic carbocycles. The van der Waals surface area contributed by atoms with Gasteiger partial charge < -0.3 is 15.7 Å². The van der Waals surface area contributed by atoms with Gasteiger partial charge in [0.05, 0.1) is 5.75 Å². The van der Waals surface area contributed by atoms with Crippen LogP contribution in [-0.2, 0) is 9.59 Å². The van der Waals surface area contributed by atoms with Crippen molar-refractivity contribution in [2.24, 2.45) is 5.73 Å². The highest BCUT2D eigenvalue weighted by Gasteiger charge is 2.20. The second-order valence-corrected chi connectivity index (χ2v) is 4.22. The van der Waals surface area contributed by atoms with Gasteiger partial charge in [0.15, 0.2) is 0 Å². The van der Waals surface area contributed by atoms with Crippen LogP contribution < -0.4 is 5.73 Å². The molecule has 1 aliphatic heterocycles. The van der Waals surface area contributed by atoms with Gasteiger partial charge in [0.1, 0.15) is 6.04 Å². The van der Waals surface area contributed by atoms with Gasteiger partial charge in [-0.05, 0) is 6.42 Å². The van der Waals surface area contributed by atoms with Crippen molar-refractivity contribution < 1.29 is 14.7 Å². The Kier molecular flexibility index (Phi) is 4.21. The molecule has 0 radical (unpaired) electrons. The summed E-state index contributed by atoms with van der Waals surface area (Å²) < 4.78 is 0. The highest BCUT2D eigenvalue weighted by atomic mass is 32.2. The number of amides is 1. The number of likely N-dealkylation sites (tertiary alicyclic amines) is 1. The quantitative estimate of drug-likeness (QED) is 0.641. The standard InChI is InChI=1S/C8H14N2O3S/c9-6(8(12)13)4-14-5-7(11)10-2-1-3-10/h6H,1-5,9H2,(H,12,13). The number of carbonyl (C=O) groups excluding carboxylic acids is 1. The van der Waals surface area contributed by atoms with Gasteiger partial charge in [-0.2, -0.15) is 0 Å². The van der Waals surface area contributed by atoms with Crippen LogP contribution in [0.15, 0.2) is 0 Å². The lowest BCUT2D eigenvalue weighted by Gasteiger charge is -2.30. The van der Waals surface area contributed by atoms with Crippen molar-refractivity contribution in [1.82, 2.24) is 4.90 Å². The molecule has 3 N–H and O–H groups in total. The van der Waals surface area contributed by atoms with Crippen molar-refractivity contribution in [2.45, 2.75) is 12.5 Å². The molecule has 1 fully saturated rings. The van der Waals surface area contributed by atoms with Crippen molar-refractivity contribution in [1.29, 1.82) is 0 Å². The Labute approximate surface area is 86.6 Å². The predicted molar refractivity (Wildman–Crippen MR) is 54.1 cm³/mol. The number of thioether (sulfide) groups is 1. The lowest BCUT2D eigenvalue weighted by molar-refractivity contribution is -0.138. The Bertz CT molecular complexity index is 231. The van der Waals surface area contributed by atoms with E-state index in [1.165, 1.54) is 11.8 Å². The minimum Gasteiger partial charge on any atom is -0.480 e. The molecule has 1 unspecified atom stereocenters. The number of carboxylic acid groups (broad SMARTS) is 1. The molecule has 0 aromatic heterocycles. The molecule has 0 saturated carbocycles. The summed E-state index contributed by atoms with van der Waals surface area (Å²) in [5.74, 6) is -0.316. The van der Waals surface area contributed by atoms with Crippen LogP contribution in [-0.4, -0.2) is 52.5 Å². The van der Waals surface area contributed by atoms with Crippen LogP contribution >= 0.6 is 11.8 Å². The van der Waals surface area contributed by atoms with Gasteiger partial charge in [-0.25, -0.2) is 0 Å². The number of rotatable bonds is 5. The zero-order chi connectivity index (χ0) is 10.6. The number of hydrogen-bond donors (Lipinski definition) is 2. The first-order chi connectivity index (χ1) is 6.61. The zero-order valence-electron chi connectivity index (χ0n) is 7.81. The third-order valence-corrected chi connectivity index (χ3v) is 3.09. The van der Waals surface area contributed by atoms with Crippen LogP contribution in [0.4, 0.5) is 0 Å². The first kappa shape index (κ1) is 11.3. The molecular formula is C8H14N2O3S. The molecule has 1 saturated heterocycles. The molecule has 80 valence electrons. The minimum absolute atomic E-state index is 0.0823. The van der Waals surface area contributed by atoms with Gasteiger partial charge in [-0.1, -0.05) is 0 Å². The molecule has 0 bridgehead atoms. The van der Waals surface area contributed by atoms with Gasteiger partial charge in [-0.3, -0.25) is 9.59 Å². The number of carbonyl (C=O) groups is 2. The molecule has 14 heavy (non-hydrogen) atoms. The van der Waals surface area contributed by atoms with E-state index in [1.54, 1.807) is 4.90 Å². The number of hydrogen-bond acceptors (Lipinski definition) is 4. The first-order valence-electron chi connectivity index (χ1n) is 4.45. The smallest absolute Gasteiger partial charge is 0.321 e. The van der Waals surface area contributed by atoms with E-state index >= 15 is 0 Å². The van der Waals surface area contributed by atoms with Crippen LogP contribution in [0.3, 0.4) is 0 Å². The normalized spacial score (nSPS) is 17.4. The summed E-state index contributed by atoms with van der Waals surface area (Å²) in [4.78, 5) is 23.4. The topological polar surface area (TPSA) is 83.6 Å². The lowest BCUT2D eigenvalue weighted by Crippen LogP contribution is -2.43. The molecule has 1 atom stereocenters. The Morgan fingerprint density at radius 1 is 1.50 bits per heavy atom. The average Bonchev–Trinajstić information content (AvgIpc) is 2.00. The average molecular weight is 218 g/mol. The van der Waals surface area contributed by atoms with Crippen LogP contribution in [0.25, 0.3) is 0 Å². The lowest BCUT2D eigenvalue weighted by atomic mass is 10.2. The maximum atomic E-state index is 11.3. The Morgan fingerprint density at radius 3 is 2.57 bits per heavy atom. The first-order valence-corrected chi connectivity index (χ1v) is 5.60. The maximum absolute atomic E-state index is 11.3. The maximum Gasteiger partial charge on any atom is 0.321 e. The summed E-state index contributed by atoms with van der Waals surface area (Å²) in [5.41, 5.74) is 5.28. The number of nitrogens with zero attached hydrogens (tertiary/aromatic N) is 1. The predicted octanol–water partition coefficient (Wildman–Crippen LogP) is -0.636. The number of carboxylic acids is 1. The highest BCUT2D eigenvalue weighted by Crippen LogP contribution is 2.10. The third kappa shape index (κ3) is 3.19. The van der Waals surface area contributed by atoms with E-state index in [1.807, 2.05) is 0 Å². The van der Waals surface area contributed by atoms with E-state index < -0.39 is 12.0 Å². The summed E-state index contributed by atoms with van der Waals surface area (Å²) in [6, 6.07) is -0.871. The Hall–Kier alpha value is -0.750. The molecule has 1 aliphatic rings. The van der Waals surface area contributed by atoms with Gasteiger partial charge in [0.2, 0.25) is 5.91 Å². The molecule has 0 spiro atoms. The largest absolute Gasteiger partial charge is 0.480 e. The molecular weight excluding hydrogens is 204 g/mol. The molecule has 1 amide bonds. The Balaban J connectivity index is 2.08.